The van der Waals surface area contributed by atoms with Crippen molar-refractivity contribution in [1.29, 1.82) is 0 Å². The van der Waals surface area contributed by atoms with Crippen LogP contribution in [0.2, 0.25) is 0 Å². The van der Waals surface area contributed by atoms with Crippen LogP contribution in [0.5, 0.6) is 0 Å². The van der Waals surface area contributed by atoms with Gasteiger partial charge in [0.25, 0.3) is 0 Å². The Bertz CT molecular complexity index is 2470. The second-order valence-electron chi connectivity index (χ2n) is 14.5. The maximum atomic E-state index is 13.7. The molecule has 0 aliphatic rings. The summed E-state index contributed by atoms with van der Waals surface area (Å²) in [5, 5.41) is 7.05. The van der Waals surface area contributed by atoms with Gasteiger partial charge in [0.1, 0.15) is 13.2 Å². The molecule has 0 aromatic heterocycles. The van der Waals surface area contributed by atoms with Crippen LogP contribution >= 0.6 is 0 Å². The molecule has 0 aliphatic heterocycles. The molecule has 0 heterocycles. The normalized spacial score (nSPS) is 13.6. The number of carbonyl (C=O) groups is 4. The summed E-state index contributed by atoms with van der Waals surface area (Å²) in [6.45, 7) is 7.88. The number of sulfone groups is 4. The third-order valence-electron chi connectivity index (χ3n) is 9.32. The maximum absolute atomic E-state index is 13.7. The van der Waals surface area contributed by atoms with Gasteiger partial charge in [-0.05, 0) is 76.2 Å². The number of hydrogen-bond donors (Lipinski definition) is 0. The van der Waals surface area contributed by atoms with Crippen molar-refractivity contribution in [2.75, 3.05) is 13.2 Å². The Morgan fingerprint density at radius 2 is 0.629 bits per heavy atom. The number of carbonyl (C=O) groups excluding carboxylic acids is 4. The van der Waals surface area contributed by atoms with Crippen LogP contribution in [-0.4, -0.2) is 91.6 Å². The smallest absolute Gasteiger partial charge is 0.237 e. The summed E-state index contributed by atoms with van der Waals surface area (Å²) >= 11 is 0. The van der Waals surface area contributed by atoms with Gasteiger partial charge < -0.3 is 9.68 Å². The number of rotatable bonds is 21. The minimum Gasteiger partial charge on any atom is -0.395 e. The lowest BCUT2D eigenvalue weighted by Gasteiger charge is -2.19. The summed E-state index contributed by atoms with van der Waals surface area (Å²) in [4.78, 5) is 61.8. The standard InChI is InChI=1S/C42H44N2O14S4/c1-27-7-15-33(16-8-27)59(49,50)41(60(51,52)34-17-9-28(2)10-18-34)39(47)37(45)31(5)25-57-43-23-24-44-58-26-32(6)38(46)40(48)42(61(53,54)35-19-11-29(3)12-20-35)62(55,56)36-21-13-30(4)14-22-36/h7-24,31-32,41-42H,25-26H2,1-6H3/b43-23+,44-24+. The Morgan fingerprint density at radius 3 is 0.839 bits per heavy atom. The lowest BCUT2D eigenvalue weighted by molar-refractivity contribution is -0.138. The van der Waals surface area contributed by atoms with E-state index in [1.807, 2.05) is 0 Å². The van der Waals surface area contributed by atoms with Crippen molar-refractivity contribution in [2.24, 2.45) is 22.1 Å². The SMILES string of the molecule is Cc1ccc(S(=O)(=O)C(C(=O)C(=O)C(C)CO/N=C/C=N/OCC(C)C(=O)C(=O)C(S(=O)(=O)c2ccc(C)cc2)S(=O)(=O)c2ccc(C)cc2)S(=O)(=O)c2ccc(C)cc2)cc1. The van der Waals surface area contributed by atoms with E-state index in [-0.39, 0.29) is 0 Å². The molecule has 330 valence electrons. The highest BCUT2D eigenvalue weighted by atomic mass is 32.3. The Kier molecular flexibility index (Phi) is 15.8. The van der Waals surface area contributed by atoms with E-state index in [0.29, 0.717) is 22.3 Å². The van der Waals surface area contributed by atoms with Gasteiger partial charge in [0.05, 0.1) is 43.8 Å². The molecule has 0 aliphatic carbocycles. The van der Waals surface area contributed by atoms with Crippen LogP contribution in [0.3, 0.4) is 0 Å². The topological polar surface area (TPSA) is 248 Å². The molecule has 0 saturated heterocycles. The van der Waals surface area contributed by atoms with Crippen molar-refractivity contribution < 1.29 is 62.5 Å². The van der Waals surface area contributed by atoms with Gasteiger partial charge in [0.2, 0.25) is 71.6 Å². The molecule has 0 bridgehead atoms. The molecule has 2 unspecified atom stereocenters. The molecule has 4 rings (SSSR count). The Balaban J connectivity index is 1.41. The van der Waals surface area contributed by atoms with E-state index >= 15 is 0 Å². The molecule has 0 amide bonds. The summed E-state index contributed by atoms with van der Waals surface area (Å²) in [6.07, 6.45) is 1.81. The predicted octanol–water partition coefficient (Wildman–Crippen LogP) is 4.32. The third kappa shape index (κ3) is 11.2. The number of ketones is 4. The first-order chi connectivity index (χ1) is 28.9. The van der Waals surface area contributed by atoms with Crippen molar-refractivity contribution in [3.05, 3.63) is 119 Å². The Labute approximate surface area is 360 Å². The first-order valence-electron chi connectivity index (χ1n) is 18.6. The van der Waals surface area contributed by atoms with Crippen LogP contribution in [0.15, 0.2) is 127 Å². The van der Waals surface area contributed by atoms with Crippen LogP contribution in [0.4, 0.5) is 0 Å². The van der Waals surface area contributed by atoms with Crippen LogP contribution in [0, 0.1) is 39.5 Å². The first kappa shape index (κ1) is 49.0. The molecular formula is C42H44N2O14S4. The lowest BCUT2D eigenvalue weighted by Crippen LogP contribution is -2.44. The second-order valence-corrected chi connectivity index (χ2v) is 23.2. The highest BCUT2D eigenvalue weighted by Gasteiger charge is 2.50. The quantitative estimate of drug-likeness (QED) is 0.0642. The van der Waals surface area contributed by atoms with Crippen molar-refractivity contribution >= 4 is 74.9 Å². The summed E-state index contributed by atoms with van der Waals surface area (Å²) in [5.41, 5.74) is 2.65. The number of aryl methyl sites for hydroxylation is 4. The van der Waals surface area contributed by atoms with Gasteiger partial charge in [-0.15, -0.1) is 0 Å². The molecule has 4 aromatic rings. The van der Waals surface area contributed by atoms with Gasteiger partial charge in [-0.2, -0.15) is 0 Å². The molecule has 0 spiro atoms. The predicted molar refractivity (Wildman–Crippen MR) is 228 cm³/mol. The molecule has 0 radical (unpaired) electrons. The van der Waals surface area contributed by atoms with E-state index in [9.17, 15) is 52.8 Å². The second kappa shape index (κ2) is 20.0. The lowest BCUT2D eigenvalue weighted by atomic mass is 10.1. The molecule has 0 fully saturated rings. The third-order valence-corrected chi connectivity index (χ3v) is 19.2. The van der Waals surface area contributed by atoms with Crippen LogP contribution in [0.1, 0.15) is 36.1 Å². The van der Waals surface area contributed by atoms with Crippen molar-refractivity contribution in [3.8, 4) is 0 Å². The minimum absolute atomic E-state index is 0.480. The average molecular weight is 929 g/mol. The molecule has 62 heavy (non-hydrogen) atoms. The number of benzene rings is 4. The molecule has 16 nitrogen and oxygen atoms in total. The van der Waals surface area contributed by atoms with Gasteiger partial charge >= 0.3 is 0 Å². The van der Waals surface area contributed by atoms with E-state index in [2.05, 4.69) is 10.3 Å². The number of Topliss-reactive ketones (excluding diaryl/α,β-unsaturated/α-hetero) is 4. The maximum Gasteiger partial charge on any atom is 0.237 e. The summed E-state index contributed by atoms with van der Waals surface area (Å²) in [6, 6.07) is 20.4. The average Bonchev–Trinajstić information content (AvgIpc) is 3.21. The van der Waals surface area contributed by atoms with E-state index in [1.54, 1.807) is 27.7 Å². The molecule has 4 aromatic carbocycles. The Morgan fingerprint density at radius 1 is 0.419 bits per heavy atom. The first-order valence-corrected chi connectivity index (χ1v) is 24.8. The summed E-state index contributed by atoms with van der Waals surface area (Å²) < 4.78 is 104. The zero-order valence-corrected chi connectivity index (χ0v) is 37.6. The van der Waals surface area contributed by atoms with Gasteiger partial charge in [0, 0.05) is 0 Å². The van der Waals surface area contributed by atoms with Crippen molar-refractivity contribution in [2.45, 2.75) is 70.3 Å². The zero-order chi connectivity index (χ0) is 46.2. The van der Waals surface area contributed by atoms with E-state index < -0.39 is 116 Å². The zero-order valence-electron chi connectivity index (χ0n) is 34.4. The van der Waals surface area contributed by atoms with E-state index in [1.165, 1.54) is 62.4 Å². The fourth-order valence-electron chi connectivity index (χ4n) is 5.62. The number of hydrogen-bond acceptors (Lipinski definition) is 16. The van der Waals surface area contributed by atoms with Gasteiger partial charge in [-0.1, -0.05) is 94.9 Å². The van der Waals surface area contributed by atoms with Crippen LogP contribution in [0.25, 0.3) is 0 Å². The number of oxime groups is 2. The molecule has 0 N–H and O–H groups in total. The van der Waals surface area contributed by atoms with Gasteiger partial charge in [0.15, 0.2) is 0 Å². The highest BCUT2D eigenvalue weighted by Crippen LogP contribution is 2.30. The van der Waals surface area contributed by atoms with Crippen molar-refractivity contribution in [1.82, 2.24) is 0 Å². The van der Waals surface area contributed by atoms with Crippen LogP contribution < -0.4 is 0 Å². The fourth-order valence-corrected chi connectivity index (χ4v) is 14.3. The minimum atomic E-state index is -4.96. The molecule has 20 heteroatoms. The molecule has 2 atom stereocenters. The van der Waals surface area contributed by atoms with E-state index in [0.717, 1.165) is 61.0 Å². The fraction of sp³-hybridized carbons (Fsp3) is 0.286. The largest absolute Gasteiger partial charge is 0.395 e. The highest BCUT2D eigenvalue weighted by molar-refractivity contribution is 8.11. The van der Waals surface area contributed by atoms with Gasteiger partial charge in [-0.25, -0.2) is 33.7 Å². The van der Waals surface area contributed by atoms with Crippen molar-refractivity contribution in [3.63, 3.8) is 0 Å². The van der Waals surface area contributed by atoms with Crippen LogP contribution in [-0.2, 0) is 68.2 Å². The summed E-state index contributed by atoms with van der Waals surface area (Å²) in [7, 11) is -19.9. The molecule has 0 saturated carbocycles. The summed E-state index contributed by atoms with van der Waals surface area (Å²) in [5.74, 6) is -8.88. The monoisotopic (exact) mass is 928 g/mol. The van der Waals surface area contributed by atoms with E-state index in [4.69, 9.17) is 9.68 Å². The Hall–Kier alpha value is -5.70. The molecular weight excluding hydrogens is 885 g/mol. The number of nitrogens with zero attached hydrogens (tertiary/aromatic N) is 2. The van der Waals surface area contributed by atoms with Gasteiger partial charge in [-0.3, -0.25) is 19.2 Å².